The fourth-order valence-corrected chi connectivity index (χ4v) is 3.51. The number of carbonyl (C=O) groups excluding carboxylic acids is 2. The summed E-state index contributed by atoms with van der Waals surface area (Å²) in [6.45, 7) is 0.992. The van der Waals surface area contributed by atoms with Crippen molar-refractivity contribution in [1.29, 1.82) is 0 Å². The van der Waals surface area contributed by atoms with Gasteiger partial charge in [-0.25, -0.2) is 13.2 Å². The highest BCUT2D eigenvalue weighted by molar-refractivity contribution is 7.92. The van der Waals surface area contributed by atoms with Crippen molar-refractivity contribution < 1.29 is 22.7 Å². The second-order valence-electron chi connectivity index (χ2n) is 6.17. The van der Waals surface area contributed by atoms with Crippen LogP contribution in [0.15, 0.2) is 30.3 Å². The summed E-state index contributed by atoms with van der Waals surface area (Å²) in [6, 6.07) is 7.76. The Kier molecular flexibility index (Phi) is 6.15. The average molecular weight is 369 g/mol. The summed E-state index contributed by atoms with van der Waals surface area (Å²) in [7, 11) is -4.49. The highest BCUT2D eigenvalue weighted by Crippen LogP contribution is 2.23. The maximum atomic E-state index is 12.7. The number of rotatable bonds is 6. The SMILES string of the molecule is CC(C(=O)NC1CCCCC1)(C(=O)Oc1ccccc1)S(=O)(=O)NN. The van der Waals surface area contributed by atoms with Crippen LogP contribution in [-0.4, -0.2) is 31.1 Å². The van der Waals surface area contributed by atoms with E-state index in [1.807, 2.05) is 0 Å². The number of carbonyl (C=O) groups is 2. The molecule has 4 N–H and O–H groups in total. The van der Waals surface area contributed by atoms with Crippen molar-refractivity contribution in [1.82, 2.24) is 10.1 Å². The van der Waals surface area contributed by atoms with Gasteiger partial charge in [0.2, 0.25) is 10.0 Å². The van der Waals surface area contributed by atoms with Crippen LogP contribution in [0.5, 0.6) is 5.75 Å². The Morgan fingerprint density at radius 2 is 1.76 bits per heavy atom. The van der Waals surface area contributed by atoms with E-state index in [2.05, 4.69) is 5.32 Å². The molecule has 1 saturated carbocycles. The van der Waals surface area contributed by atoms with Gasteiger partial charge in [0.15, 0.2) is 0 Å². The number of ether oxygens (including phenoxy) is 1. The molecule has 1 amide bonds. The van der Waals surface area contributed by atoms with E-state index in [-0.39, 0.29) is 11.8 Å². The Balaban J connectivity index is 2.26. The van der Waals surface area contributed by atoms with Crippen LogP contribution in [0, 0.1) is 0 Å². The van der Waals surface area contributed by atoms with Crippen molar-refractivity contribution in [2.45, 2.75) is 49.8 Å². The summed E-state index contributed by atoms with van der Waals surface area (Å²) in [4.78, 5) is 26.8. The highest BCUT2D eigenvalue weighted by Gasteiger charge is 2.55. The van der Waals surface area contributed by atoms with Crippen LogP contribution >= 0.6 is 0 Å². The van der Waals surface area contributed by atoms with Crippen LogP contribution in [0.25, 0.3) is 0 Å². The van der Waals surface area contributed by atoms with Gasteiger partial charge in [-0.2, -0.15) is 4.83 Å². The molecule has 1 unspecified atom stereocenters. The zero-order chi connectivity index (χ0) is 18.5. The summed E-state index contributed by atoms with van der Waals surface area (Å²) >= 11 is 0. The molecule has 0 saturated heterocycles. The van der Waals surface area contributed by atoms with Gasteiger partial charge in [0.1, 0.15) is 5.75 Å². The van der Waals surface area contributed by atoms with Crippen LogP contribution < -0.4 is 20.7 Å². The number of hydrogen-bond acceptors (Lipinski definition) is 6. The zero-order valence-electron chi connectivity index (χ0n) is 14.0. The Morgan fingerprint density at radius 3 is 2.32 bits per heavy atom. The lowest BCUT2D eigenvalue weighted by molar-refractivity contribution is -0.142. The molecule has 1 atom stereocenters. The second kappa shape index (κ2) is 7.94. The van der Waals surface area contributed by atoms with Gasteiger partial charge in [-0.05, 0) is 31.9 Å². The van der Waals surface area contributed by atoms with Gasteiger partial charge in [-0.3, -0.25) is 10.6 Å². The van der Waals surface area contributed by atoms with Crippen LogP contribution in [-0.2, 0) is 19.6 Å². The lowest BCUT2D eigenvalue weighted by Gasteiger charge is -2.29. The van der Waals surface area contributed by atoms with Crippen molar-refractivity contribution in [2.24, 2.45) is 5.84 Å². The van der Waals surface area contributed by atoms with E-state index in [0.717, 1.165) is 39.0 Å². The van der Waals surface area contributed by atoms with Gasteiger partial charge in [-0.15, -0.1) is 0 Å². The predicted molar refractivity (Wildman–Crippen MR) is 91.7 cm³/mol. The fourth-order valence-electron chi connectivity index (χ4n) is 2.71. The van der Waals surface area contributed by atoms with Crippen LogP contribution in [0.4, 0.5) is 0 Å². The molecule has 1 aromatic rings. The van der Waals surface area contributed by atoms with Crippen molar-refractivity contribution >= 4 is 21.9 Å². The highest BCUT2D eigenvalue weighted by atomic mass is 32.2. The summed E-state index contributed by atoms with van der Waals surface area (Å²) < 4.78 is 27.3. The maximum absolute atomic E-state index is 12.7. The number of esters is 1. The molecule has 0 bridgehead atoms. The Bertz CT molecular complexity index is 717. The summed E-state index contributed by atoms with van der Waals surface area (Å²) in [6.07, 6.45) is 4.44. The first kappa shape index (κ1) is 19.4. The smallest absolute Gasteiger partial charge is 0.343 e. The number of para-hydroxylation sites is 1. The quantitative estimate of drug-likeness (QED) is 0.221. The molecule has 25 heavy (non-hydrogen) atoms. The van der Waals surface area contributed by atoms with Crippen molar-refractivity contribution in [2.75, 3.05) is 0 Å². The van der Waals surface area contributed by atoms with Crippen LogP contribution in [0.2, 0.25) is 0 Å². The van der Waals surface area contributed by atoms with E-state index in [1.54, 1.807) is 23.0 Å². The molecule has 0 heterocycles. The molecule has 8 nitrogen and oxygen atoms in total. The number of nitrogens with two attached hydrogens (primary N) is 1. The van der Waals surface area contributed by atoms with E-state index in [4.69, 9.17) is 10.6 Å². The predicted octanol–water partition coefficient (Wildman–Crippen LogP) is 0.593. The number of nitrogens with one attached hydrogen (secondary N) is 2. The normalized spacial score (nSPS) is 18.2. The molecular weight excluding hydrogens is 346 g/mol. The number of amides is 1. The van der Waals surface area contributed by atoms with Crippen LogP contribution in [0.3, 0.4) is 0 Å². The number of sulfonamides is 1. The summed E-state index contributed by atoms with van der Waals surface area (Å²) in [5.74, 6) is 3.04. The Labute approximate surface area is 147 Å². The van der Waals surface area contributed by atoms with E-state index in [0.29, 0.717) is 0 Å². The molecule has 1 aliphatic carbocycles. The van der Waals surface area contributed by atoms with Crippen molar-refractivity contribution in [3.05, 3.63) is 30.3 Å². The van der Waals surface area contributed by atoms with Gasteiger partial charge >= 0.3 is 5.97 Å². The molecule has 0 aromatic heterocycles. The topological polar surface area (TPSA) is 128 Å². The number of benzene rings is 1. The van der Waals surface area contributed by atoms with Gasteiger partial charge in [0.05, 0.1) is 0 Å². The standard InChI is InChI=1S/C16H23N3O5S/c1-16(25(22,23)19-17,14(20)18-12-8-4-2-5-9-12)15(21)24-13-10-6-3-7-11-13/h3,6-7,10-12,19H,2,4-5,8-9,17H2,1H3,(H,18,20). The van der Waals surface area contributed by atoms with Crippen molar-refractivity contribution in [3.8, 4) is 5.75 Å². The van der Waals surface area contributed by atoms with Crippen molar-refractivity contribution in [3.63, 3.8) is 0 Å². The largest absolute Gasteiger partial charge is 0.425 e. The molecule has 2 rings (SSSR count). The lowest BCUT2D eigenvalue weighted by Crippen LogP contribution is -2.63. The molecule has 1 aromatic carbocycles. The number of hydrogen-bond donors (Lipinski definition) is 3. The first-order chi connectivity index (χ1) is 11.8. The monoisotopic (exact) mass is 369 g/mol. The minimum absolute atomic E-state index is 0.136. The third-order valence-corrected chi connectivity index (χ3v) is 6.15. The van der Waals surface area contributed by atoms with E-state index in [1.165, 1.54) is 12.1 Å². The van der Waals surface area contributed by atoms with E-state index < -0.39 is 26.6 Å². The second-order valence-corrected chi connectivity index (χ2v) is 8.22. The Hall–Kier alpha value is -1.97. The molecular formula is C16H23N3O5S. The summed E-state index contributed by atoms with van der Waals surface area (Å²) in [5.41, 5.74) is 0. The minimum atomic E-state index is -4.49. The summed E-state index contributed by atoms with van der Waals surface area (Å²) in [5, 5.41) is 2.65. The molecule has 0 aliphatic heterocycles. The van der Waals surface area contributed by atoms with E-state index >= 15 is 0 Å². The average Bonchev–Trinajstić information content (AvgIpc) is 2.62. The van der Waals surface area contributed by atoms with Crippen LogP contribution in [0.1, 0.15) is 39.0 Å². The van der Waals surface area contributed by atoms with E-state index in [9.17, 15) is 18.0 Å². The van der Waals surface area contributed by atoms with Gasteiger partial charge < -0.3 is 10.1 Å². The van der Waals surface area contributed by atoms with Gasteiger partial charge in [0, 0.05) is 6.04 Å². The molecule has 1 fully saturated rings. The molecule has 138 valence electrons. The molecule has 9 heteroatoms. The molecule has 1 aliphatic rings. The first-order valence-electron chi connectivity index (χ1n) is 8.11. The first-order valence-corrected chi connectivity index (χ1v) is 9.60. The molecule has 0 spiro atoms. The maximum Gasteiger partial charge on any atom is 0.343 e. The minimum Gasteiger partial charge on any atom is -0.425 e. The fraction of sp³-hybridized carbons (Fsp3) is 0.500. The lowest BCUT2D eigenvalue weighted by atomic mass is 9.95. The third kappa shape index (κ3) is 4.17. The van der Waals surface area contributed by atoms with Gasteiger partial charge in [-0.1, -0.05) is 37.5 Å². The zero-order valence-corrected chi connectivity index (χ0v) is 14.8. The number of hydrazine groups is 1. The molecule has 0 radical (unpaired) electrons. The Morgan fingerprint density at radius 1 is 1.16 bits per heavy atom. The van der Waals surface area contributed by atoms with Gasteiger partial charge in [0.25, 0.3) is 10.7 Å². The third-order valence-electron chi connectivity index (χ3n) is 4.41.